The second-order valence-electron chi connectivity index (χ2n) is 4.84. The van der Waals surface area contributed by atoms with Gasteiger partial charge < -0.3 is 5.32 Å². The number of tetrazole rings is 1. The summed E-state index contributed by atoms with van der Waals surface area (Å²) in [5, 5.41) is 15.9. The van der Waals surface area contributed by atoms with Gasteiger partial charge in [-0.2, -0.15) is 4.80 Å². The fourth-order valence-electron chi connectivity index (χ4n) is 2.07. The number of hydrogen-bond acceptors (Lipinski definition) is 4. The van der Waals surface area contributed by atoms with Crippen LogP contribution in [0.4, 0.5) is 0 Å². The van der Waals surface area contributed by atoms with Crippen molar-refractivity contribution in [1.29, 1.82) is 0 Å². The quantitative estimate of drug-likeness (QED) is 0.713. The molecule has 0 bridgehead atoms. The van der Waals surface area contributed by atoms with Crippen molar-refractivity contribution in [3.63, 3.8) is 0 Å². The zero-order valence-electron chi connectivity index (χ0n) is 12.1. The molecule has 0 saturated heterocycles. The number of benzene rings is 1. The van der Waals surface area contributed by atoms with Gasteiger partial charge in [-0.3, -0.25) is 0 Å². The number of aromatic nitrogens is 4. The van der Waals surface area contributed by atoms with Gasteiger partial charge in [0.05, 0.1) is 6.54 Å². The van der Waals surface area contributed by atoms with Gasteiger partial charge in [-0.05, 0) is 31.1 Å². The van der Waals surface area contributed by atoms with Gasteiger partial charge in [0, 0.05) is 5.56 Å². The number of rotatable bonds is 9. The Bertz CT molecular complexity index is 480. The highest BCUT2D eigenvalue weighted by Gasteiger charge is 2.04. The van der Waals surface area contributed by atoms with E-state index in [4.69, 9.17) is 0 Å². The van der Waals surface area contributed by atoms with Crippen molar-refractivity contribution in [3.8, 4) is 11.4 Å². The third-order valence-electron chi connectivity index (χ3n) is 3.20. The van der Waals surface area contributed by atoms with Crippen LogP contribution in [-0.2, 0) is 6.54 Å². The molecule has 0 spiro atoms. The van der Waals surface area contributed by atoms with E-state index >= 15 is 0 Å². The van der Waals surface area contributed by atoms with E-state index in [9.17, 15) is 0 Å². The van der Waals surface area contributed by atoms with E-state index in [2.05, 4.69) is 27.7 Å². The van der Waals surface area contributed by atoms with Gasteiger partial charge >= 0.3 is 0 Å². The number of nitrogens with one attached hydrogen (secondary N) is 1. The fourth-order valence-corrected chi connectivity index (χ4v) is 2.07. The van der Waals surface area contributed by atoms with Crippen LogP contribution in [0.15, 0.2) is 30.3 Å². The van der Waals surface area contributed by atoms with Gasteiger partial charge in [0.25, 0.3) is 0 Å². The molecule has 0 amide bonds. The van der Waals surface area contributed by atoms with Crippen LogP contribution >= 0.6 is 0 Å². The summed E-state index contributed by atoms with van der Waals surface area (Å²) in [5.41, 5.74) is 1.02. The zero-order valence-corrected chi connectivity index (χ0v) is 12.1. The van der Waals surface area contributed by atoms with Gasteiger partial charge in [0.15, 0.2) is 0 Å². The van der Waals surface area contributed by atoms with Gasteiger partial charge in [-0.25, -0.2) is 0 Å². The normalized spacial score (nSPS) is 10.8. The molecule has 5 heteroatoms. The molecule has 1 aromatic carbocycles. The number of hydrogen-bond donors (Lipinski definition) is 1. The van der Waals surface area contributed by atoms with Gasteiger partial charge in [-0.1, -0.05) is 50.1 Å². The number of nitrogens with zero attached hydrogens (tertiary/aromatic N) is 4. The third kappa shape index (κ3) is 4.74. The Kier molecular flexibility index (Phi) is 6.17. The molecule has 0 saturated carbocycles. The van der Waals surface area contributed by atoms with Crippen LogP contribution in [0.5, 0.6) is 0 Å². The van der Waals surface area contributed by atoms with Crippen molar-refractivity contribution >= 4 is 0 Å². The molecule has 5 nitrogen and oxygen atoms in total. The van der Waals surface area contributed by atoms with E-state index in [0.717, 1.165) is 31.6 Å². The molecule has 0 fully saturated rings. The molecule has 1 aromatic heterocycles. The molecular weight excluding hydrogens is 250 g/mol. The van der Waals surface area contributed by atoms with Crippen LogP contribution < -0.4 is 5.32 Å². The Balaban J connectivity index is 1.69. The number of unbranched alkanes of at least 4 members (excludes halogenated alkanes) is 3. The van der Waals surface area contributed by atoms with E-state index in [-0.39, 0.29) is 0 Å². The molecule has 0 aliphatic heterocycles. The average Bonchev–Trinajstić information content (AvgIpc) is 2.96. The van der Waals surface area contributed by atoms with Crippen molar-refractivity contribution in [3.05, 3.63) is 30.3 Å². The molecule has 108 valence electrons. The van der Waals surface area contributed by atoms with Crippen LogP contribution in [0.3, 0.4) is 0 Å². The maximum absolute atomic E-state index is 4.41. The first-order valence-electron chi connectivity index (χ1n) is 7.44. The van der Waals surface area contributed by atoms with E-state index in [1.165, 1.54) is 19.3 Å². The molecule has 0 unspecified atom stereocenters. The first-order chi connectivity index (χ1) is 9.90. The summed E-state index contributed by atoms with van der Waals surface area (Å²) in [6, 6.07) is 9.96. The smallest absolute Gasteiger partial charge is 0.204 e. The van der Waals surface area contributed by atoms with Crippen molar-refractivity contribution in [2.45, 2.75) is 39.2 Å². The maximum Gasteiger partial charge on any atom is 0.204 e. The Morgan fingerprint density at radius 3 is 2.65 bits per heavy atom. The summed E-state index contributed by atoms with van der Waals surface area (Å²) >= 11 is 0. The monoisotopic (exact) mass is 273 g/mol. The highest BCUT2D eigenvalue weighted by molar-refractivity contribution is 5.52. The second kappa shape index (κ2) is 8.43. The van der Waals surface area contributed by atoms with Crippen molar-refractivity contribution < 1.29 is 0 Å². The third-order valence-corrected chi connectivity index (χ3v) is 3.20. The Labute approximate surface area is 120 Å². The Morgan fingerprint density at radius 2 is 1.85 bits per heavy atom. The molecule has 1 heterocycles. The molecule has 0 aliphatic carbocycles. The second-order valence-corrected chi connectivity index (χ2v) is 4.84. The van der Waals surface area contributed by atoms with Gasteiger partial charge in [0.2, 0.25) is 5.82 Å². The molecule has 20 heavy (non-hydrogen) atoms. The summed E-state index contributed by atoms with van der Waals surface area (Å²) < 4.78 is 0. The largest absolute Gasteiger partial charge is 0.317 e. The molecule has 0 atom stereocenters. The lowest BCUT2D eigenvalue weighted by Gasteiger charge is -2.01. The van der Waals surface area contributed by atoms with E-state index in [1.807, 2.05) is 30.3 Å². The lowest BCUT2D eigenvalue weighted by molar-refractivity contribution is 0.475. The lowest BCUT2D eigenvalue weighted by Crippen LogP contribution is -2.13. The van der Waals surface area contributed by atoms with Crippen LogP contribution in [0, 0.1) is 0 Å². The van der Waals surface area contributed by atoms with Crippen molar-refractivity contribution in [1.82, 2.24) is 25.5 Å². The van der Waals surface area contributed by atoms with Crippen molar-refractivity contribution in [2.24, 2.45) is 0 Å². The van der Waals surface area contributed by atoms with Gasteiger partial charge in [0.1, 0.15) is 0 Å². The van der Waals surface area contributed by atoms with Crippen LogP contribution in [0.1, 0.15) is 32.6 Å². The Hall–Kier alpha value is -1.75. The van der Waals surface area contributed by atoms with E-state index < -0.39 is 0 Å². The molecule has 2 rings (SSSR count). The average molecular weight is 273 g/mol. The highest BCUT2D eigenvalue weighted by Crippen LogP contribution is 2.12. The predicted molar refractivity (Wildman–Crippen MR) is 80.3 cm³/mol. The first-order valence-corrected chi connectivity index (χ1v) is 7.44. The standard InChI is InChI=1S/C15H23N5/c1-2-16-12-8-3-4-9-13-20-18-15(17-19-20)14-10-6-5-7-11-14/h5-7,10-11,16H,2-4,8-9,12-13H2,1H3. The number of aryl methyl sites for hydroxylation is 1. The summed E-state index contributed by atoms with van der Waals surface area (Å²) in [6.07, 6.45) is 4.82. The minimum Gasteiger partial charge on any atom is -0.317 e. The Morgan fingerprint density at radius 1 is 1.05 bits per heavy atom. The molecule has 0 radical (unpaired) electrons. The highest BCUT2D eigenvalue weighted by atomic mass is 15.6. The lowest BCUT2D eigenvalue weighted by atomic mass is 10.2. The maximum atomic E-state index is 4.41. The fraction of sp³-hybridized carbons (Fsp3) is 0.533. The van der Waals surface area contributed by atoms with Crippen LogP contribution in [0.2, 0.25) is 0 Å². The predicted octanol–water partition coefficient (Wildman–Crippen LogP) is 2.51. The summed E-state index contributed by atoms with van der Waals surface area (Å²) in [7, 11) is 0. The van der Waals surface area contributed by atoms with E-state index in [1.54, 1.807) is 4.80 Å². The van der Waals surface area contributed by atoms with Crippen molar-refractivity contribution in [2.75, 3.05) is 13.1 Å². The minimum absolute atomic E-state index is 0.706. The topological polar surface area (TPSA) is 55.6 Å². The summed E-state index contributed by atoms with van der Waals surface area (Å²) in [6.45, 7) is 5.17. The molecular formula is C15H23N5. The minimum atomic E-state index is 0.706. The molecule has 1 N–H and O–H groups in total. The van der Waals surface area contributed by atoms with Crippen LogP contribution in [0.25, 0.3) is 11.4 Å². The van der Waals surface area contributed by atoms with E-state index in [0.29, 0.717) is 5.82 Å². The summed E-state index contributed by atoms with van der Waals surface area (Å²) in [4.78, 5) is 1.70. The summed E-state index contributed by atoms with van der Waals surface area (Å²) in [5.74, 6) is 0.706. The van der Waals surface area contributed by atoms with Crippen LogP contribution in [-0.4, -0.2) is 33.3 Å². The zero-order chi connectivity index (χ0) is 14.0. The first kappa shape index (κ1) is 14.7. The SMILES string of the molecule is CCNCCCCCCn1nnc(-c2ccccc2)n1. The van der Waals surface area contributed by atoms with Gasteiger partial charge in [-0.15, -0.1) is 10.2 Å². The molecule has 2 aromatic rings. The molecule has 0 aliphatic rings.